The van der Waals surface area contributed by atoms with Gasteiger partial charge in [0.2, 0.25) is 11.8 Å². The summed E-state index contributed by atoms with van der Waals surface area (Å²) in [6, 6.07) is 10.5. The summed E-state index contributed by atoms with van der Waals surface area (Å²) < 4.78 is 11.1. The van der Waals surface area contributed by atoms with Gasteiger partial charge in [-0.05, 0) is 57.6 Å². The second-order valence-corrected chi connectivity index (χ2v) is 7.17. The maximum absolute atomic E-state index is 12.4. The van der Waals surface area contributed by atoms with Gasteiger partial charge < -0.3 is 20.1 Å². The van der Waals surface area contributed by atoms with E-state index in [0.29, 0.717) is 41.1 Å². The number of nitrogens with zero attached hydrogens (tertiary/aromatic N) is 1. The molecule has 0 fully saturated rings. The minimum atomic E-state index is -0.240. The molecular weight excluding hydrogens is 406 g/mol. The summed E-state index contributed by atoms with van der Waals surface area (Å²) in [6.45, 7) is 6.79. The Morgan fingerprint density at radius 2 is 1.43 bits per heavy atom. The van der Waals surface area contributed by atoms with Gasteiger partial charge in [-0.25, -0.2) is 0 Å². The van der Waals surface area contributed by atoms with E-state index >= 15 is 0 Å². The summed E-state index contributed by atoms with van der Waals surface area (Å²) in [5, 5.41) is 6.17. The smallest absolute Gasteiger partial charge is 0.238 e. The number of hydrogen-bond acceptors (Lipinski definition) is 5. The summed E-state index contributed by atoms with van der Waals surface area (Å²) in [7, 11) is 1.70. The number of rotatable bonds is 10. The van der Waals surface area contributed by atoms with E-state index in [4.69, 9.17) is 21.1 Å². The van der Waals surface area contributed by atoms with Crippen LogP contribution in [0.2, 0.25) is 5.02 Å². The summed E-state index contributed by atoms with van der Waals surface area (Å²) >= 11 is 6.08. The Morgan fingerprint density at radius 1 is 0.900 bits per heavy atom. The third-order valence-corrected chi connectivity index (χ3v) is 4.52. The molecule has 0 saturated carbocycles. The average Bonchev–Trinajstić information content (AvgIpc) is 2.66. The Labute approximate surface area is 182 Å². The van der Waals surface area contributed by atoms with Crippen LogP contribution in [0.15, 0.2) is 36.4 Å². The van der Waals surface area contributed by atoms with Crippen LogP contribution in [-0.4, -0.2) is 50.1 Å². The van der Waals surface area contributed by atoms with E-state index in [-0.39, 0.29) is 24.9 Å². The predicted octanol–water partition coefficient (Wildman–Crippen LogP) is 3.95. The van der Waals surface area contributed by atoms with E-state index in [0.717, 1.165) is 5.56 Å². The molecule has 0 saturated heterocycles. The predicted molar refractivity (Wildman–Crippen MR) is 120 cm³/mol. The Bertz CT molecular complexity index is 889. The van der Waals surface area contributed by atoms with Crippen LogP contribution in [0.4, 0.5) is 11.4 Å². The third-order valence-electron chi connectivity index (χ3n) is 4.11. The van der Waals surface area contributed by atoms with Gasteiger partial charge in [0.25, 0.3) is 0 Å². The molecule has 2 aromatic carbocycles. The van der Waals surface area contributed by atoms with E-state index in [2.05, 4.69) is 10.6 Å². The van der Waals surface area contributed by atoms with Crippen LogP contribution in [-0.2, 0) is 9.59 Å². The molecule has 2 amide bonds. The number of carbonyl (C=O) groups excluding carboxylic acids is 2. The number of ether oxygens (including phenoxy) is 2. The fourth-order valence-electron chi connectivity index (χ4n) is 2.75. The van der Waals surface area contributed by atoms with Crippen molar-refractivity contribution in [3.05, 3.63) is 47.0 Å². The number of likely N-dealkylation sites (N-methyl/N-ethyl adjacent to an activating group) is 1. The number of aryl methyl sites for hydroxylation is 1. The van der Waals surface area contributed by atoms with Crippen LogP contribution in [0.25, 0.3) is 0 Å². The quantitative estimate of drug-likeness (QED) is 0.593. The lowest BCUT2D eigenvalue weighted by atomic mass is 10.2. The Balaban J connectivity index is 1.88. The van der Waals surface area contributed by atoms with Crippen molar-refractivity contribution >= 4 is 34.8 Å². The molecule has 0 aromatic heterocycles. The van der Waals surface area contributed by atoms with Crippen LogP contribution in [0, 0.1) is 6.92 Å². The summed E-state index contributed by atoms with van der Waals surface area (Å²) in [6.07, 6.45) is 0. The van der Waals surface area contributed by atoms with Crippen LogP contribution in [0.5, 0.6) is 11.5 Å². The molecule has 7 nitrogen and oxygen atoms in total. The largest absolute Gasteiger partial charge is 0.490 e. The Kier molecular flexibility index (Phi) is 8.95. The number of halogens is 1. The van der Waals surface area contributed by atoms with Crippen LogP contribution >= 0.6 is 11.6 Å². The SMILES string of the molecule is CCOc1ccc(NC(=O)CN(C)CC(=O)Nc2ccc(C)c(Cl)c2)cc1OCC. The first-order valence-electron chi connectivity index (χ1n) is 9.76. The van der Waals surface area contributed by atoms with Gasteiger partial charge in [-0.1, -0.05) is 17.7 Å². The zero-order chi connectivity index (χ0) is 22.1. The zero-order valence-electron chi connectivity index (χ0n) is 17.8. The van der Waals surface area contributed by atoms with Crippen molar-refractivity contribution in [3.63, 3.8) is 0 Å². The molecule has 0 aliphatic rings. The number of nitrogens with one attached hydrogen (secondary N) is 2. The lowest BCUT2D eigenvalue weighted by molar-refractivity contribution is -0.119. The van der Waals surface area contributed by atoms with Gasteiger partial charge in [-0.3, -0.25) is 14.5 Å². The topological polar surface area (TPSA) is 79.9 Å². The van der Waals surface area contributed by atoms with Crippen molar-refractivity contribution in [1.82, 2.24) is 4.90 Å². The summed E-state index contributed by atoms with van der Waals surface area (Å²) in [4.78, 5) is 26.2. The van der Waals surface area contributed by atoms with Crippen LogP contribution in [0.1, 0.15) is 19.4 Å². The second kappa shape index (κ2) is 11.4. The maximum atomic E-state index is 12.4. The highest BCUT2D eigenvalue weighted by Gasteiger charge is 2.13. The van der Waals surface area contributed by atoms with Crippen LogP contribution < -0.4 is 20.1 Å². The van der Waals surface area contributed by atoms with Gasteiger partial charge in [0.15, 0.2) is 11.5 Å². The van der Waals surface area contributed by atoms with E-state index in [1.165, 1.54) is 0 Å². The molecule has 8 heteroatoms. The molecule has 0 unspecified atom stereocenters. The summed E-state index contributed by atoms with van der Waals surface area (Å²) in [5.74, 6) is 0.726. The van der Waals surface area contributed by atoms with Gasteiger partial charge in [0.1, 0.15) is 0 Å². The van der Waals surface area contributed by atoms with Crippen molar-refractivity contribution < 1.29 is 19.1 Å². The third kappa shape index (κ3) is 7.24. The molecule has 0 aliphatic heterocycles. The van der Waals surface area contributed by atoms with Crippen molar-refractivity contribution in [2.45, 2.75) is 20.8 Å². The van der Waals surface area contributed by atoms with Gasteiger partial charge >= 0.3 is 0 Å². The molecule has 162 valence electrons. The molecule has 30 heavy (non-hydrogen) atoms. The van der Waals surface area contributed by atoms with Gasteiger partial charge in [0.05, 0.1) is 26.3 Å². The highest BCUT2D eigenvalue weighted by molar-refractivity contribution is 6.31. The molecule has 0 heterocycles. The van der Waals surface area contributed by atoms with Gasteiger partial charge in [-0.2, -0.15) is 0 Å². The Morgan fingerprint density at radius 3 is 2.00 bits per heavy atom. The first-order chi connectivity index (χ1) is 14.3. The molecular formula is C22H28ClN3O4. The number of anilines is 2. The number of hydrogen-bond donors (Lipinski definition) is 2. The lowest BCUT2D eigenvalue weighted by Crippen LogP contribution is -2.36. The molecule has 0 spiro atoms. The standard InChI is InChI=1S/C22H28ClN3O4/c1-5-29-19-10-9-17(12-20(19)30-6-2)25-22(28)14-26(4)13-21(27)24-16-8-7-15(3)18(23)11-16/h7-12H,5-6,13-14H2,1-4H3,(H,24,27)(H,25,28). The van der Waals surface area contributed by atoms with E-state index in [1.54, 1.807) is 42.3 Å². The van der Waals surface area contributed by atoms with Gasteiger partial charge in [-0.15, -0.1) is 0 Å². The van der Waals surface area contributed by atoms with Crippen molar-refractivity contribution in [2.75, 3.05) is 44.0 Å². The monoisotopic (exact) mass is 433 g/mol. The van der Waals surface area contributed by atoms with E-state index in [9.17, 15) is 9.59 Å². The number of carbonyl (C=O) groups is 2. The first kappa shape index (κ1) is 23.5. The molecule has 0 atom stereocenters. The lowest BCUT2D eigenvalue weighted by Gasteiger charge is -2.17. The average molecular weight is 434 g/mol. The van der Waals surface area contributed by atoms with E-state index in [1.807, 2.05) is 26.8 Å². The van der Waals surface area contributed by atoms with Gasteiger partial charge in [0, 0.05) is 22.5 Å². The molecule has 0 bridgehead atoms. The number of benzene rings is 2. The maximum Gasteiger partial charge on any atom is 0.238 e. The highest BCUT2D eigenvalue weighted by Crippen LogP contribution is 2.30. The summed E-state index contributed by atoms with van der Waals surface area (Å²) in [5.41, 5.74) is 2.15. The molecule has 2 N–H and O–H groups in total. The molecule has 2 aromatic rings. The second-order valence-electron chi connectivity index (χ2n) is 6.76. The first-order valence-corrected chi connectivity index (χ1v) is 10.1. The molecule has 2 rings (SSSR count). The molecule has 0 radical (unpaired) electrons. The van der Waals surface area contributed by atoms with E-state index < -0.39 is 0 Å². The fraction of sp³-hybridized carbons (Fsp3) is 0.364. The highest BCUT2D eigenvalue weighted by atomic mass is 35.5. The molecule has 0 aliphatic carbocycles. The normalized spacial score (nSPS) is 10.6. The van der Waals surface area contributed by atoms with Crippen molar-refractivity contribution in [3.8, 4) is 11.5 Å². The minimum absolute atomic E-state index is 0.0548. The van der Waals surface area contributed by atoms with Crippen molar-refractivity contribution in [1.29, 1.82) is 0 Å². The number of amides is 2. The Hall–Kier alpha value is -2.77. The zero-order valence-corrected chi connectivity index (χ0v) is 18.5. The minimum Gasteiger partial charge on any atom is -0.490 e. The van der Waals surface area contributed by atoms with Crippen molar-refractivity contribution in [2.24, 2.45) is 0 Å². The van der Waals surface area contributed by atoms with Crippen LogP contribution in [0.3, 0.4) is 0 Å². The fourth-order valence-corrected chi connectivity index (χ4v) is 2.93.